The first-order valence-electron chi connectivity index (χ1n) is 11.8. The van der Waals surface area contributed by atoms with Gasteiger partial charge in [-0.3, -0.25) is 14.5 Å². The van der Waals surface area contributed by atoms with Crippen LogP contribution in [0.15, 0.2) is 94.7 Å². The van der Waals surface area contributed by atoms with Crippen molar-refractivity contribution in [3.8, 4) is 5.75 Å². The fourth-order valence-electron chi connectivity index (χ4n) is 4.85. The van der Waals surface area contributed by atoms with Crippen LogP contribution in [0.25, 0.3) is 21.9 Å². The molecule has 2 aromatic heterocycles. The molecule has 2 N–H and O–H groups in total. The lowest BCUT2D eigenvalue weighted by molar-refractivity contribution is -0.117. The largest absolute Gasteiger partial charge is 0.503 e. The van der Waals surface area contributed by atoms with Gasteiger partial charge < -0.3 is 19.2 Å². The zero-order valence-corrected chi connectivity index (χ0v) is 20.5. The van der Waals surface area contributed by atoms with Crippen molar-refractivity contribution in [3.63, 3.8) is 0 Å². The van der Waals surface area contributed by atoms with E-state index in [1.165, 1.54) is 4.90 Å². The van der Waals surface area contributed by atoms with Gasteiger partial charge in [-0.05, 0) is 61.5 Å². The summed E-state index contributed by atoms with van der Waals surface area (Å²) in [4.78, 5) is 32.0. The number of aromatic nitrogens is 1. The third kappa shape index (κ3) is 3.75. The maximum atomic E-state index is 13.9. The van der Waals surface area contributed by atoms with Gasteiger partial charge in [-0.2, -0.15) is 0 Å². The van der Waals surface area contributed by atoms with E-state index in [4.69, 9.17) is 20.8 Å². The number of benzene rings is 3. The molecule has 0 radical (unpaired) electrons. The molecule has 37 heavy (non-hydrogen) atoms. The number of ether oxygens (including phenoxy) is 1. The number of carbonyl (C=O) groups excluding carboxylic acids is 2. The number of Topliss-reactive ketones (excluding diaryl/α,β-unsaturated/α-hetero) is 1. The second kappa shape index (κ2) is 8.87. The first kappa shape index (κ1) is 22.9. The Morgan fingerprint density at radius 3 is 2.68 bits per heavy atom. The maximum absolute atomic E-state index is 13.9. The number of H-pyrrole nitrogens is 1. The van der Waals surface area contributed by atoms with E-state index in [0.717, 1.165) is 10.9 Å². The van der Waals surface area contributed by atoms with E-state index >= 15 is 0 Å². The first-order chi connectivity index (χ1) is 18.0. The summed E-state index contributed by atoms with van der Waals surface area (Å²) in [5.74, 6) is -1.22. The summed E-state index contributed by atoms with van der Waals surface area (Å²) in [6.07, 6.45) is 1.76. The van der Waals surface area contributed by atoms with Crippen LogP contribution in [0.5, 0.6) is 5.75 Å². The molecule has 0 aliphatic carbocycles. The Labute approximate surface area is 216 Å². The molecule has 0 fully saturated rings. The Hall–Kier alpha value is -4.49. The van der Waals surface area contributed by atoms with Crippen LogP contribution in [0.1, 0.15) is 29.1 Å². The molecule has 184 valence electrons. The van der Waals surface area contributed by atoms with Gasteiger partial charge in [-0.15, -0.1) is 0 Å². The van der Waals surface area contributed by atoms with Crippen molar-refractivity contribution in [2.75, 3.05) is 11.5 Å². The predicted molar refractivity (Wildman–Crippen MR) is 141 cm³/mol. The Balaban J connectivity index is 1.51. The molecule has 0 saturated heterocycles. The molecule has 5 aromatic rings. The van der Waals surface area contributed by atoms with Crippen LogP contribution in [0.2, 0.25) is 5.02 Å². The minimum atomic E-state index is -0.897. The van der Waals surface area contributed by atoms with Gasteiger partial charge in [0, 0.05) is 38.8 Å². The lowest BCUT2D eigenvalue weighted by atomic mass is 9.94. The monoisotopic (exact) mass is 512 g/mol. The summed E-state index contributed by atoms with van der Waals surface area (Å²) < 4.78 is 11.3. The van der Waals surface area contributed by atoms with Crippen molar-refractivity contribution in [2.24, 2.45) is 0 Å². The van der Waals surface area contributed by atoms with Crippen molar-refractivity contribution < 1.29 is 23.8 Å². The number of ketones is 1. The van der Waals surface area contributed by atoms with Crippen molar-refractivity contribution in [1.82, 2.24) is 4.98 Å². The van der Waals surface area contributed by atoms with Gasteiger partial charge in [0.25, 0.3) is 5.91 Å². The molecule has 3 heterocycles. The van der Waals surface area contributed by atoms with Crippen molar-refractivity contribution >= 4 is 50.9 Å². The second-order valence-corrected chi connectivity index (χ2v) is 9.11. The molecular weight excluding hydrogens is 492 g/mol. The van der Waals surface area contributed by atoms with E-state index in [1.54, 1.807) is 54.7 Å². The van der Waals surface area contributed by atoms with Gasteiger partial charge >= 0.3 is 0 Å². The summed E-state index contributed by atoms with van der Waals surface area (Å²) in [6, 6.07) is 20.2. The maximum Gasteiger partial charge on any atom is 0.294 e. The molecule has 1 atom stereocenters. The van der Waals surface area contributed by atoms with Gasteiger partial charge in [0.1, 0.15) is 11.3 Å². The van der Waals surface area contributed by atoms with Gasteiger partial charge in [-0.25, -0.2) is 0 Å². The van der Waals surface area contributed by atoms with E-state index < -0.39 is 23.5 Å². The number of hydrogen-bond donors (Lipinski definition) is 2. The molecule has 6 rings (SSSR count). The molecule has 3 aromatic carbocycles. The summed E-state index contributed by atoms with van der Waals surface area (Å²) in [5.41, 5.74) is 2.44. The number of para-hydroxylation sites is 1. The zero-order valence-electron chi connectivity index (χ0n) is 19.7. The van der Waals surface area contributed by atoms with E-state index in [-0.39, 0.29) is 11.3 Å². The molecular formula is C29H21ClN2O5. The van der Waals surface area contributed by atoms with E-state index in [2.05, 4.69) is 4.98 Å². The highest BCUT2D eigenvalue weighted by Gasteiger charge is 2.46. The van der Waals surface area contributed by atoms with Crippen molar-refractivity contribution in [1.29, 1.82) is 0 Å². The number of anilines is 1. The van der Waals surface area contributed by atoms with Crippen LogP contribution in [0.4, 0.5) is 5.69 Å². The molecule has 7 nitrogen and oxygen atoms in total. The number of halogens is 1. The number of aromatic amines is 1. The summed E-state index contributed by atoms with van der Waals surface area (Å²) in [5, 5.41) is 13.1. The Bertz CT molecular complexity index is 1710. The lowest BCUT2D eigenvalue weighted by Crippen LogP contribution is -2.30. The van der Waals surface area contributed by atoms with Gasteiger partial charge in [0.15, 0.2) is 11.5 Å². The standard InChI is InChI=1S/C29H21ClN2O5/c1-2-36-19-10-8-18(9-11-19)32-26(21-15-31-22-6-4-3-5-20(21)22)25(28(34)29(32)35)27(33)24-14-16-13-17(30)7-12-23(16)37-24/h3-15,26,31,34H,2H2,1H3. The van der Waals surface area contributed by atoms with Crippen LogP contribution in [0, 0.1) is 0 Å². The van der Waals surface area contributed by atoms with Gasteiger partial charge in [0.05, 0.1) is 18.2 Å². The number of amides is 1. The average molecular weight is 513 g/mol. The predicted octanol–water partition coefficient (Wildman–Crippen LogP) is 6.75. The molecule has 1 aliphatic rings. The average Bonchev–Trinajstić information content (AvgIpc) is 3.59. The molecule has 1 aliphatic heterocycles. The molecule has 0 bridgehead atoms. The van der Waals surface area contributed by atoms with E-state index in [0.29, 0.717) is 39.6 Å². The Morgan fingerprint density at radius 1 is 1.11 bits per heavy atom. The number of hydrogen-bond acceptors (Lipinski definition) is 5. The number of furan rings is 1. The third-order valence-electron chi connectivity index (χ3n) is 6.50. The van der Waals surface area contributed by atoms with E-state index in [1.807, 2.05) is 31.2 Å². The molecule has 1 unspecified atom stereocenters. The van der Waals surface area contributed by atoms with Crippen molar-refractivity contribution in [3.05, 3.63) is 107 Å². The van der Waals surface area contributed by atoms with Crippen LogP contribution in [-0.2, 0) is 4.79 Å². The number of carbonyl (C=O) groups is 2. The quantitative estimate of drug-likeness (QED) is 0.245. The minimum absolute atomic E-state index is 0.00463. The number of nitrogens with zero attached hydrogens (tertiary/aromatic N) is 1. The van der Waals surface area contributed by atoms with Crippen LogP contribution in [0.3, 0.4) is 0 Å². The van der Waals surface area contributed by atoms with E-state index in [9.17, 15) is 14.7 Å². The molecule has 0 saturated carbocycles. The summed E-state index contributed by atoms with van der Waals surface area (Å²) in [7, 11) is 0. The number of rotatable bonds is 6. The number of aliphatic hydroxyl groups is 1. The third-order valence-corrected chi connectivity index (χ3v) is 6.73. The fourth-order valence-corrected chi connectivity index (χ4v) is 5.03. The second-order valence-electron chi connectivity index (χ2n) is 8.68. The normalized spacial score (nSPS) is 15.8. The highest BCUT2D eigenvalue weighted by Crippen LogP contribution is 2.44. The zero-order chi connectivity index (χ0) is 25.7. The Morgan fingerprint density at radius 2 is 1.89 bits per heavy atom. The highest BCUT2D eigenvalue weighted by atomic mass is 35.5. The number of nitrogens with one attached hydrogen (secondary N) is 1. The number of aliphatic hydroxyl groups excluding tert-OH is 1. The van der Waals surface area contributed by atoms with Crippen LogP contribution >= 0.6 is 11.6 Å². The smallest absolute Gasteiger partial charge is 0.294 e. The topological polar surface area (TPSA) is 95.8 Å². The Kier molecular flexibility index (Phi) is 5.50. The van der Waals surface area contributed by atoms with Crippen molar-refractivity contribution in [2.45, 2.75) is 13.0 Å². The minimum Gasteiger partial charge on any atom is -0.503 e. The van der Waals surface area contributed by atoms with Crippen LogP contribution < -0.4 is 9.64 Å². The summed E-state index contributed by atoms with van der Waals surface area (Å²) >= 11 is 6.10. The summed E-state index contributed by atoms with van der Waals surface area (Å²) in [6.45, 7) is 2.39. The van der Waals surface area contributed by atoms with Gasteiger partial charge in [-0.1, -0.05) is 29.8 Å². The lowest BCUT2D eigenvalue weighted by Gasteiger charge is -2.26. The van der Waals surface area contributed by atoms with Gasteiger partial charge in [0.2, 0.25) is 5.78 Å². The molecule has 0 spiro atoms. The highest BCUT2D eigenvalue weighted by molar-refractivity contribution is 6.31. The molecule has 8 heteroatoms. The first-order valence-corrected chi connectivity index (χ1v) is 12.1. The fraction of sp³-hybridized carbons (Fsp3) is 0.103. The molecule has 1 amide bonds. The SMILES string of the molecule is CCOc1ccc(N2C(=O)C(O)=C(C(=O)c3cc4cc(Cl)ccc4o3)C2c2c[nH]c3ccccc23)cc1. The van der Waals surface area contributed by atoms with Crippen LogP contribution in [-0.4, -0.2) is 28.4 Å². The number of fused-ring (bicyclic) bond motifs is 2.